The molecular formula is C16H26N2. The number of hydrogen-bond acceptors (Lipinski definition) is 2. The van der Waals surface area contributed by atoms with Crippen LogP contribution in [0.3, 0.4) is 0 Å². The fourth-order valence-corrected chi connectivity index (χ4v) is 2.92. The third-order valence-corrected chi connectivity index (χ3v) is 4.32. The van der Waals surface area contributed by atoms with Gasteiger partial charge in [-0.05, 0) is 70.2 Å². The molecule has 0 aliphatic carbocycles. The molecule has 2 heteroatoms. The van der Waals surface area contributed by atoms with Crippen molar-refractivity contribution in [2.45, 2.75) is 46.1 Å². The van der Waals surface area contributed by atoms with Gasteiger partial charge in [-0.25, -0.2) is 0 Å². The van der Waals surface area contributed by atoms with Crippen molar-refractivity contribution < 1.29 is 0 Å². The molecule has 1 heterocycles. The molecule has 2 N–H and O–H groups in total. The molecule has 18 heavy (non-hydrogen) atoms. The lowest BCUT2D eigenvalue weighted by Gasteiger charge is -2.47. The molecule has 0 saturated carbocycles. The summed E-state index contributed by atoms with van der Waals surface area (Å²) in [7, 11) is 0. The van der Waals surface area contributed by atoms with Crippen LogP contribution in [0.25, 0.3) is 0 Å². The lowest BCUT2D eigenvalue weighted by atomic mass is 9.84. The van der Waals surface area contributed by atoms with Gasteiger partial charge in [-0.3, -0.25) is 0 Å². The number of benzene rings is 1. The van der Waals surface area contributed by atoms with Crippen LogP contribution in [0.1, 0.15) is 37.8 Å². The van der Waals surface area contributed by atoms with Crippen molar-refractivity contribution in [3.8, 4) is 0 Å². The van der Waals surface area contributed by atoms with Crippen molar-refractivity contribution in [1.29, 1.82) is 0 Å². The summed E-state index contributed by atoms with van der Waals surface area (Å²) in [4.78, 5) is 2.57. The molecular weight excluding hydrogens is 220 g/mol. The van der Waals surface area contributed by atoms with Crippen LogP contribution in [0.15, 0.2) is 18.2 Å². The Kier molecular flexibility index (Phi) is 3.67. The topological polar surface area (TPSA) is 29.3 Å². The van der Waals surface area contributed by atoms with Gasteiger partial charge in [0.2, 0.25) is 0 Å². The highest BCUT2D eigenvalue weighted by molar-refractivity contribution is 5.57. The van der Waals surface area contributed by atoms with E-state index in [1.165, 1.54) is 29.7 Å². The summed E-state index contributed by atoms with van der Waals surface area (Å²) in [6.45, 7) is 11.0. The molecule has 1 aliphatic rings. The molecule has 0 radical (unpaired) electrons. The van der Waals surface area contributed by atoms with Crippen molar-refractivity contribution in [3.63, 3.8) is 0 Å². The van der Waals surface area contributed by atoms with Gasteiger partial charge < -0.3 is 10.6 Å². The van der Waals surface area contributed by atoms with E-state index in [1.807, 2.05) is 0 Å². The summed E-state index contributed by atoms with van der Waals surface area (Å²) in [6.07, 6.45) is 2.48. The maximum absolute atomic E-state index is 5.87. The van der Waals surface area contributed by atoms with E-state index in [4.69, 9.17) is 5.73 Å². The number of aryl methyl sites for hydroxylation is 2. The van der Waals surface area contributed by atoms with Crippen LogP contribution in [-0.4, -0.2) is 18.6 Å². The molecule has 1 fully saturated rings. The van der Waals surface area contributed by atoms with Crippen molar-refractivity contribution in [3.05, 3.63) is 29.3 Å². The minimum Gasteiger partial charge on any atom is -0.366 e. The Bertz CT molecular complexity index is 423. The van der Waals surface area contributed by atoms with Crippen molar-refractivity contribution in [2.24, 2.45) is 11.7 Å². The molecule has 100 valence electrons. The van der Waals surface area contributed by atoms with Crippen LogP contribution in [0.2, 0.25) is 0 Å². The van der Waals surface area contributed by atoms with Gasteiger partial charge in [0, 0.05) is 17.8 Å². The van der Waals surface area contributed by atoms with E-state index < -0.39 is 0 Å². The van der Waals surface area contributed by atoms with E-state index in [-0.39, 0.29) is 5.54 Å². The number of nitrogens with zero attached hydrogens (tertiary/aromatic N) is 1. The molecule has 0 amide bonds. The predicted molar refractivity (Wildman–Crippen MR) is 79.1 cm³/mol. The van der Waals surface area contributed by atoms with Gasteiger partial charge in [0.05, 0.1) is 0 Å². The second-order valence-electron chi connectivity index (χ2n) is 6.35. The zero-order valence-electron chi connectivity index (χ0n) is 12.2. The molecule has 2 nitrogen and oxygen atoms in total. The molecule has 2 rings (SSSR count). The van der Waals surface area contributed by atoms with Crippen LogP contribution in [-0.2, 0) is 0 Å². The van der Waals surface area contributed by atoms with Gasteiger partial charge in [0.1, 0.15) is 0 Å². The summed E-state index contributed by atoms with van der Waals surface area (Å²) in [5, 5.41) is 0. The van der Waals surface area contributed by atoms with E-state index in [9.17, 15) is 0 Å². The largest absolute Gasteiger partial charge is 0.366 e. The molecule has 1 aliphatic heterocycles. The average molecular weight is 246 g/mol. The predicted octanol–water partition coefficient (Wildman–Crippen LogP) is 3.26. The first-order chi connectivity index (χ1) is 8.44. The Morgan fingerprint density at radius 1 is 1.33 bits per heavy atom. The molecule has 1 saturated heterocycles. The van der Waals surface area contributed by atoms with Gasteiger partial charge >= 0.3 is 0 Å². The third-order valence-electron chi connectivity index (χ3n) is 4.32. The van der Waals surface area contributed by atoms with Crippen LogP contribution >= 0.6 is 0 Å². The molecule has 0 bridgehead atoms. The first-order valence-electron chi connectivity index (χ1n) is 6.99. The Labute approximate surface area is 111 Å². The van der Waals surface area contributed by atoms with E-state index in [0.717, 1.165) is 13.1 Å². The Balaban J connectivity index is 2.36. The van der Waals surface area contributed by atoms with Gasteiger partial charge in [0.15, 0.2) is 0 Å². The smallest absolute Gasteiger partial charge is 0.0403 e. The zero-order valence-corrected chi connectivity index (χ0v) is 12.2. The maximum atomic E-state index is 5.87. The first-order valence-corrected chi connectivity index (χ1v) is 6.99. The average Bonchev–Trinajstić information content (AvgIpc) is 2.32. The number of anilines is 1. The third kappa shape index (κ3) is 2.54. The van der Waals surface area contributed by atoms with Crippen LogP contribution in [0.5, 0.6) is 0 Å². The number of piperidine rings is 1. The van der Waals surface area contributed by atoms with Gasteiger partial charge in [0.25, 0.3) is 0 Å². The Morgan fingerprint density at radius 2 is 2.06 bits per heavy atom. The standard InChI is InChI=1S/C16H26N2/c1-12-5-6-13(2)15(9-12)18-11-14(10-17)7-8-16(18,3)4/h5-6,9,14H,7-8,10-11,17H2,1-4H3. The minimum absolute atomic E-state index is 0.240. The fraction of sp³-hybridized carbons (Fsp3) is 0.625. The van der Waals surface area contributed by atoms with Crippen LogP contribution in [0, 0.1) is 19.8 Å². The van der Waals surface area contributed by atoms with Gasteiger partial charge in [-0.2, -0.15) is 0 Å². The van der Waals surface area contributed by atoms with Gasteiger partial charge in [-0.15, -0.1) is 0 Å². The molecule has 1 aromatic rings. The van der Waals surface area contributed by atoms with Crippen LogP contribution in [0.4, 0.5) is 5.69 Å². The molecule has 0 aromatic heterocycles. The van der Waals surface area contributed by atoms with E-state index >= 15 is 0 Å². The molecule has 1 atom stereocenters. The van der Waals surface area contributed by atoms with E-state index in [2.05, 4.69) is 50.8 Å². The van der Waals surface area contributed by atoms with E-state index in [1.54, 1.807) is 0 Å². The number of nitrogens with two attached hydrogens (primary N) is 1. The Morgan fingerprint density at radius 3 is 2.72 bits per heavy atom. The quantitative estimate of drug-likeness (QED) is 0.868. The Hall–Kier alpha value is -1.02. The summed E-state index contributed by atoms with van der Waals surface area (Å²) >= 11 is 0. The van der Waals surface area contributed by atoms with Crippen molar-refractivity contribution >= 4 is 5.69 Å². The lowest BCUT2D eigenvalue weighted by Crippen LogP contribution is -2.52. The summed E-state index contributed by atoms with van der Waals surface area (Å²) < 4.78 is 0. The van der Waals surface area contributed by atoms with Crippen molar-refractivity contribution in [2.75, 3.05) is 18.0 Å². The highest BCUT2D eigenvalue weighted by Gasteiger charge is 2.34. The normalized spacial score (nSPS) is 23.2. The summed E-state index contributed by atoms with van der Waals surface area (Å²) in [5.41, 5.74) is 10.2. The minimum atomic E-state index is 0.240. The maximum Gasteiger partial charge on any atom is 0.0403 e. The SMILES string of the molecule is Cc1ccc(C)c(N2CC(CN)CCC2(C)C)c1. The summed E-state index contributed by atoms with van der Waals surface area (Å²) in [5.74, 6) is 0.637. The summed E-state index contributed by atoms with van der Waals surface area (Å²) in [6, 6.07) is 6.74. The molecule has 1 unspecified atom stereocenters. The number of hydrogen-bond donors (Lipinski definition) is 1. The van der Waals surface area contributed by atoms with Gasteiger partial charge in [-0.1, -0.05) is 12.1 Å². The second kappa shape index (κ2) is 4.93. The molecule has 0 spiro atoms. The number of rotatable bonds is 2. The first kappa shape index (κ1) is 13.4. The lowest BCUT2D eigenvalue weighted by molar-refractivity contribution is 0.294. The monoisotopic (exact) mass is 246 g/mol. The van der Waals surface area contributed by atoms with Crippen molar-refractivity contribution in [1.82, 2.24) is 0 Å². The van der Waals surface area contributed by atoms with Crippen LogP contribution < -0.4 is 10.6 Å². The molecule has 1 aromatic carbocycles. The zero-order chi connectivity index (χ0) is 13.3. The second-order valence-corrected chi connectivity index (χ2v) is 6.35. The van der Waals surface area contributed by atoms with E-state index in [0.29, 0.717) is 5.92 Å². The highest BCUT2D eigenvalue weighted by atomic mass is 15.2. The fourth-order valence-electron chi connectivity index (χ4n) is 2.92. The highest BCUT2D eigenvalue weighted by Crippen LogP contribution is 2.36.